The van der Waals surface area contributed by atoms with Gasteiger partial charge in [-0.3, -0.25) is 4.90 Å². The average Bonchev–Trinajstić information content (AvgIpc) is 3.12. The van der Waals surface area contributed by atoms with Crippen molar-refractivity contribution in [1.82, 2.24) is 15.5 Å². The van der Waals surface area contributed by atoms with Crippen molar-refractivity contribution in [3.63, 3.8) is 0 Å². The average molecular weight is 345 g/mol. The van der Waals surface area contributed by atoms with Crippen molar-refractivity contribution in [2.24, 2.45) is 4.99 Å². The molecule has 2 N–H and O–H groups in total. The standard InChI is InChI=1S/C20H32N4O/c1-3-16-8-5-6-9-17(16)12-22-20(21-4-2)23-13-19-14-24-11-7-10-18(24)15-25-19/h5-6,8-9,18-19H,3-4,7,10-15H2,1-2H3,(H2,21,22,23). The van der Waals surface area contributed by atoms with Crippen LogP contribution in [-0.2, 0) is 17.7 Å². The van der Waals surface area contributed by atoms with E-state index in [4.69, 9.17) is 9.73 Å². The highest BCUT2D eigenvalue weighted by Crippen LogP contribution is 2.22. The molecule has 1 aromatic carbocycles. The predicted molar refractivity (Wildman–Crippen MR) is 103 cm³/mol. The van der Waals surface area contributed by atoms with Gasteiger partial charge in [0.1, 0.15) is 0 Å². The van der Waals surface area contributed by atoms with Gasteiger partial charge >= 0.3 is 0 Å². The summed E-state index contributed by atoms with van der Waals surface area (Å²) < 4.78 is 6.03. The number of aliphatic imine (C=N–C) groups is 1. The molecule has 0 bridgehead atoms. The Morgan fingerprint density at radius 1 is 1.24 bits per heavy atom. The maximum absolute atomic E-state index is 6.03. The van der Waals surface area contributed by atoms with E-state index in [1.807, 2.05) is 0 Å². The van der Waals surface area contributed by atoms with Gasteiger partial charge in [-0.15, -0.1) is 0 Å². The van der Waals surface area contributed by atoms with Gasteiger partial charge in [-0.25, -0.2) is 4.99 Å². The molecule has 2 aliphatic heterocycles. The van der Waals surface area contributed by atoms with Crippen LogP contribution in [0.5, 0.6) is 0 Å². The van der Waals surface area contributed by atoms with Crippen LogP contribution in [0.4, 0.5) is 0 Å². The molecule has 25 heavy (non-hydrogen) atoms. The van der Waals surface area contributed by atoms with Crippen LogP contribution in [0.3, 0.4) is 0 Å². The van der Waals surface area contributed by atoms with Gasteiger partial charge in [0, 0.05) is 25.7 Å². The first-order valence-electron chi connectivity index (χ1n) is 9.74. The summed E-state index contributed by atoms with van der Waals surface area (Å²) in [7, 11) is 0. The van der Waals surface area contributed by atoms with Gasteiger partial charge in [-0.2, -0.15) is 0 Å². The Balaban J connectivity index is 1.53. The summed E-state index contributed by atoms with van der Waals surface area (Å²) in [5, 5.41) is 6.81. The number of aryl methyl sites for hydroxylation is 1. The molecule has 3 rings (SSSR count). The Labute approximate surface area is 151 Å². The maximum atomic E-state index is 6.03. The molecule has 2 heterocycles. The van der Waals surface area contributed by atoms with Gasteiger partial charge < -0.3 is 15.4 Å². The normalized spacial score (nSPS) is 24.2. The number of rotatable bonds is 6. The van der Waals surface area contributed by atoms with Crippen LogP contribution in [-0.4, -0.2) is 55.8 Å². The van der Waals surface area contributed by atoms with Crippen LogP contribution in [0.25, 0.3) is 0 Å². The molecular formula is C20H32N4O. The quantitative estimate of drug-likeness (QED) is 0.613. The molecule has 0 aliphatic carbocycles. The van der Waals surface area contributed by atoms with E-state index in [2.05, 4.69) is 53.6 Å². The zero-order valence-corrected chi connectivity index (χ0v) is 15.6. The van der Waals surface area contributed by atoms with Gasteiger partial charge in [0.15, 0.2) is 5.96 Å². The maximum Gasteiger partial charge on any atom is 0.191 e. The number of fused-ring (bicyclic) bond motifs is 1. The Hall–Kier alpha value is -1.59. The summed E-state index contributed by atoms with van der Waals surface area (Å²) in [6.07, 6.45) is 3.90. The van der Waals surface area contributed by atoms with Crippen molar-refractivity contribution in [1.29, 1.82) is 0 Å². The first-order valence-corrected chi connectivity index (χ1v) is 9.74. The van der Waals surface area contributed by atoms with Gasteiger partial charge in [0.05, 0.1) is 19.3 Å². The lowest BCUT2D eigenvalue weighted by molar-refractivity contribution is -0.0453. The summed E-state index contributed by atoms with van der Waals surface area (Å²) in [6, 6.07) is 9.20. The van der Waals surface area contributed by atoms with Crippen LogP contribution < -0.4 is 10.6 Å². The molecule has 2 saturated heterocycles. The van der Waals surface area contributed by atoms with E-state index < -0.39 is 0 Å². The molecule has 2 atom stereocenters. The SMILES string of the molecule is CCNC(=NCc1ccccc1CC)NCC1CN2CCCC2CO1. The lowest BCUT2D eigenvalue weighted by atomic mass is 10.1. The molecule has 1 aromatic rings. The van der Waals surface area contributed by atoms with Crippen molar-refractivity contribution in [3.8, 4) is 0 Å². The minimum absolute atomic E-state index is 0.251. The highest BCUT2D eigenvalue weighted by atomic mass is 16.5. The fraction of sp³-hybridized carbons (Fsp3) is 0.650. The largest absolute Gasteiger partial charge is 0.373 e. The van der Waals surface area contributed by atoms with E-state index >= 15 is 0 Å². The third-order valence-corrected chi connectivity index (χ3v) is 5.21. The van der Waals surface area contributed by atoms with Gasteiger partial charge in [0.2, 0.25) is 0 Å². The number of benzene rings is 1. The van der Waals surface area contributed by atoms with E-state index in [1.54, 1.807) is 0 Å². The Kier molecular flexibility index (Phi) is 6.70. The van der Waals surface area contributed by atoms with E-state index in [9.17, 15) is 0 Å². The molecule has 2 fully saturated rings. The Morgan fingerprint density at radius 2 is 2.08 bits per heavy atom. The second-order valence-corrected chi connectivity index (χ2v) is 6.94. The molecule has 0 spiro atoms. The number of nitrogens with one attached hydrogen (secondary N) is 2. The minimum Gasteiger partial charge on any atom is -0.373 e. The van der Waals surface area contributed by atoms with Crippen LogP contribution in [0.15, 0.2) is 29.3 Å². The zero-order chi connectivity index (χ0) is 17.5. The minimum atomic E-state index is 0.251. The Bertz CT molecular complexity index is 575. The van der Waals surface area contributed by atoms with Crippen molar-refractivity contribution in [2.75, 3.05) is 32.8 Å². The molecule has 0 radical (unpaired) electrons. The monoisotopic (exact) mass is 344 g/mol. The van der Waals surface area contributed by atoms with Gasteiger partial charge in [-0.05, 0) is 43.9 Å². The fourth-order valence-electron chi connectivity index (χ4n) is 3.78. The van der Waals surface area contributed by atoms with Gasteiger partial charge in [0.25, 0.3) is 0 Å². The molecule has 0 aromatic heterocycles. The number of morpholine rings is 1. The summed E-state index contributed by atoms with van der Waals surface area (Å²) in [4.78, 5) is 7.35. The summed E-state index contributed by atoms with van der Waals surface area (Å²) in [6.45, 7) is 9.82. The molecule has 2 unspecified atom stereocenters. The highest BCUT2D eigenvalue weighted by molar-refractivity contribution is 5.79. The molecular weight excluding hydrogens is 312 g/mol. The van der Waals surface area contributed by atoms with Crippen LogP contribution in [0, 0.1) is 0 Å². The molecule has 0 amide bonds. The van der Waals surface area contributed by atoms with E-state index in [1.165, 1.54) is 30.5 Å². The first-order chi connectivity index (χ1) is 12.3. The van der Waals surface area contributed by atoms with Crippen LogP contribution in [0.1, 0.15) is 37.8 Å². The Morgan fingerprint density at radius 3 is 2.88 bits per heavy atom. The number of hydrogen-bond donors (Lipinski definition) is 2. The van der Waals surface area contributed by atoms with E-state index in [0.717, 1.165) is 38.6 Å². The summed E-state index contributed by atoms with van der Waals surface area (Å²) >= 11 is 0. The fourth-order valence-corrected chi connectivity index (χ4v) is 3.78. The third kappa shape index (κ3) is 4.95. The lowest BCUT2D eigenvalue weighted by Gasteiger charge is -2.35. The van der Waals surface area contributed by atoms with Crippen molar-refractivity contribution in [3.05, 3.63) is 35.4 Å². The predicted octanol–water partition coefficient (Wildman–Crippen LogP) is 2.17. The molecule has 2 aliphatic rings. The first kappa shape index (κ1) is 18.2. The second kappa shape index (κ2) is 9.20. The number of ether oxygens (including phenoxy) is 1. The van der Waals surface area contributed by atoms with Crippen LogP contribution >= 0.6 is 0 Å². The van der Waals surface area contributed by atoms with Crippen molar-refractivity contribution in [2.45, 2.75) is 51.8 Å². The summed E-state index contributed by atoms with van der Waals surface area (Å²) in [5.74, 6) is 0.876. The smallest absolute Gasteiger partial charge is 0.191 e. The number of hydrogen-bond acceptors (Lipinski definition) is 3. The van der Waals surface area contributed by atoms with Gasteiger partial charge in [-0.1, -0.05) is 31.2 Å². The number of guanidine groups is 1. The van der Waals surface area contributed by atoms with E-state index in [0.29, 0.717) is 12.6 Å². The molecule has 138 valence electrons. The topological polar surface area (TPSA) is 48.9 Å². The van der Waals surface area contributed by atoms with Crippen LogP contribution in [0.2, 0.25) is 0 Å². The van der Waals surface area contributed by atoms with E-state index in [-0.39, 0.29) is 6.10 Å². The van der Waals surface area contributed by atoms with Crippen molar-refractivity contribution < 1.29 is 4.74 Å². The molecule has 0 saturated carbocycles. The molecule has 5 nitrogen and oxygen atoms in total. The zero-order valence-electron chi connectivity index (χ0n) is 15.6. The third-order valence-electron chi connectivity index (χ3n) is 5.21. The highest BCUT2D eigenvalue weighted by Gasteiger charge is 2.32. The second-order valence-electron chi connectivity index (χ2n) is 6.94. The molecule has 5 heteroatoms. The van der Waals surface area contributed by atoms with Crippen molar-refractivity contribution >= 4 is 5.96 Å². The number of nitrogens with zero attached hydrogens (tertiary/aromatic N) is 2. The summed E-state index contributed by atoms with van der Waals surface area (Å²) in [5.41, 5.74) is 2.67. The lowest BCUT2D eigenvalue weighted by Crippen LogP contribution is -2.51.